The first kappa shape index (κ1) is 28.7. The average Bonchev–Trinajstić information content (AvgIpc) is 2.83. The van der Waals surface area contributed by atoms with E-state index >= 15 is 0 Å². The third-order valence-electron chi connectivity index (χ3n) is 6.63. The van der Waals surface area contributed by atoms with Crippen molar-refractivity contribution in [2.24, 2.45) is 0 Å². The second-order valence-corrected chi connectivity index (χ2v) is 11.3. The Balaban J connectivity index is 2.25. The third kappa shape index (κ3) is 9.59. The van der Waals surface area contributed by atoms with Crippen LogP contribution in [-0.4, -0.2) is 4.89 Å². The van der Waals surface area contributed by atoms with Crippen molar-refractivity contribution in [2.45, 2.75) is 117 Å². The lowest BCUT2D eigenvalue weighted by atomic mass is 9.96. The Bertz CT molecular complexity index is 877. The van der Waals surface area contributed by atoms with E-state index in [4.69, 9.17) is 4.52 Å². The molecule has 190 valence electrons. The van der Waals surface area contributed by atoms with Crippen LogP contribution in [0, 0.1) is 0 Å². The van der Waals surface area contributed by atoms with Gasteiger partial charge in [-0.25, -0.2) is 4.57 Å². The highest BCUT2D eigenvalue weighted by molar-refractivity contribution is 7.61. The molecule has 0 aliphatic rings. The monoisotopic (exact) mass is 486 g/mol. The van der Waals surface area contributed by atoms with Crippen LogP contribution in [0.2, 0.25) is 0 Å². The number of hydrogen-bond acceptors (Lipinski definition) is 2. The van der Waals surface area contributed by atoms with Crippen LogP contribution in [-0.2, 0) is 23.8 Å². The van der Waals surface area contributed by atoms with Gasteiger partial charge in [0.1, 0.15) is 5.75 Å². The van der Waals surface area contributed by atoms with Crippen LogP contribution >= 0.6 is 7.60 Å². The molecule has 0 saturated carbocycles. The quantitative estimate of drug-likeness (QED) is 0.169. The highest BCUT2D eigenvalue weighted by Crippen LogP contribution is 2.44. The van der Waals surface area contributed by atoms with Gasteiger partial charge in [0, 0.05) is 0 Å². The van der Waals surface area contributed by atoms with Crippen molar-refractivity contribution in [3.05, 3.63) is 59.2 Å². The molecule has 0 aliphatic heterocycles. The maximum atomic E-state index is 13.6. The summed E-state index contributed by atoms with van der Waals surface area (Å²) in [6, 6.07) is 13.6. The molecule has 1 N–H and O–H groups in total. The Morgan fingerprint density at radius 2 is 1.18 bits per heavy atom. The molecule has 3 nitrogen and oxygen atoms in total. The van der Waals surface area contributed by atoms with Crippen molar-refractivity contribution in [1.29, 1.82) is 0 Å². The molecule has 0 radical (unpaired) electrons. The second-order valence-electron chi connectivity index (χ2n) is 9.57. The molecule has 2 aromatic rings. The van der Waals surface area contributed by atoms with Crippen molar-refractivity contribution in [2.75, 3.05) is 0 Å². The predicted molar refractivity (Wildman–Crippen MR) is 147 cm³/mol. The predicted octanol–water partition coefficient (Wildman–Crippen LogP) is 8.94. The van der Waals surface area contributed by atoms with Gasteiger partial charge in [-0.15, -0.1) is 0 Å². The molecular formula is C30H47O3P. The molecule has 1 unspecified atom stereocenters. The summed E-state index contributed by atoms with van der Waals surface area (Å²) in [7, 11) is -3.99. The van der Waals surface area contributed by atoms with E-state index in [0.29, 0.717) is 11.1 Å². The summed E-state index contributed by atoms with van der Waals surface area (Å²) >= 11 is 0. The number of unbranched alkanes of at least 4 members (excludes halogenated alkanes) is 9. The first-order valence-corrected chi connectivity index (χ1v) is 15.3. The Hall–Kier alpha value is -1.57. The molecule has 0 fully saturated rings. The van der Waals surface area contributed by atoms with E-state index in [0.717, 1.165) is 56.1 Å². The Morgan fingerprint density at radius 3 is 1.79 bits per heavy atom. The lowest BCUT2D eigenvalue weighted by molar-refractivity contribution is 0.390. The molecule has 0 aromatic heterocycles. The summed E-state index contributed by atoms with van der Waals surface area (Å²) in [6.45, 7) is 6.65. The molecule has 0 spiro atoms. The molecule has 0 amide bonds. The molecule has 34 heavy (non-hydrogen) atoms. The molecule has 0 saturated heterocycles. The number of hydrogen-bond donors (Lipinski definition) is 1. The van der Waals surface area contributed by atoms with E-state index in [1.165, 1.54) is 56.9 Å². The molecule has 2 rings (SSSR count). The lowest BCUT2D eigenvalue weighted by Crippen LogP contribution is -2.15. The van der Waals surface area contributed by atoms with Gasteiger partial charge in [-0.3, -0.25) is 0 Å². The normalized spacial score (nSPS) is 13.1. The van der Waals surface area contributed by atoms with Gasteiger partial charge < -0.3 is 9.42 Å². The van der Waals surface area contributed by atoms with Crippen molar-refractivity contribution in [1.82, 2.24) is 0 Å². The summed E-state index contributed by atoms with van der Waals surface area (Å²) in [5.74, 6) is 0.594. The van der Waals surface area contributed by atoms with E-state index in [9.17, 15) is 9.46 Å². The minimum absolute atomic E-state index is 0.455. The molecule has 1 atom stereocenters. The summed E-state index contributed by atoms with van der Waals surface area (Å²) in [6.07, 6.45) is 16.8. The number of aryl methyl sites for hydroxylation is 2. The van der Waals surface area contributed by atoms with Crippen LogP contribution in [0.4, 0.5) is 0 Å². The zero-order chi connectivity index (χ0) is 24.7. The smallest absolute Gasteiger partial charge is 0.408 e. The van der Waals surface area contributed by atoms with Gasteiger partial charge in [-0.2, -0.15) is 0 Å². The largest absolute Gasteiger partial charge is 0.421 e. The maximum absolute atomic E-state index is 13.6. The van der Waals surface area contributed by atoms with Crippen molar-refractivity contribution in [3.63, 3.8) is 0 Å². The fourth-order valence-electron chi connectivity index (χ4n) is 4.61. The van der Waals surface area contributed by atoms with E-state index in [1.54, 1.807) is 6.07 Å². The highest BCUT2D eigenvalue weighted by atomic mass is 31.2. The Morgan fingerprint density at radius 1 is 0.647 bits per heavy atom. The van der Waals surface area contributed by atoms with Crippen molar-refractivity contribution >= 4 is 12.9 Å². The zero-order valence-corrected chi connectivity index (χ0v) is 22.8. The lowest BCUT2D eigenvalue weighted by Gasteiger charge is -2.21. The number of rotatable bonds is 18. The van der Waals surface area contributed by atoms with Gasteiger partial charge in [-0.05, 0) is 67.3 Å². The van der Waals surface area contributed by atoms with Crippen LogP contribution in [0.1, 0.15) is 115 Å². The van der Waals surface area contributed by atoms with Crippen LogP contribution in [0.5, 0.6) is 5.75 Å². The maximum Gasteiger partial charge on any atom is 0.408 e. The summed E-state index contributed by atoms with van der Waals surface area (Å²) in [5.41, 5.74) is 3.34. The first-order chi connectivity index (χ1) is 16.5. The van der Waals surface area contributed by atoms with Crippen LogP contribution < -0.4 is 9.83 Å². The number of benzene rings is 2. The van der Waals surface area contributed by atoms with Crippen molar-refractivity contribution in [3.8, 4) is 5.75 Å². The fraction of sp³-hybridized carbons (Fsp3) is 0.600. The van der Waals surface area contributed by atoms with E-state index < -0.39 is 7.60 Å². The van der Waals surface area contributed by atoms with Gasteiger partial charge >= 0.3 is 7.60 Å². The summed E-state index contributed by atoms with van der Waals surface area (Å²) in [5, 5.41) is 0.455. The van der Waals surface area contributed by atoms with E-state index in [1.807, 2.05) is 30.3 Å². The zero-order valence-electron chi connectivity index (χ0n) is 21.9. The molecule has 0 heterocycles. The van der Waals surface area contributed by atoms with Crippen LogP contribution in [0.15, 0.2) is 42.5 Å². The van der Waals surface area contributed by atoms with Gasteiger partial charge in [0.15, 0.2) is 0 Å². The summed E-state index contributed by atoms with van der Waals surface area (Å²) in [4.78, 5) is 11.1. The molecule has 4 heteroatoms. The standard InChI is InChI=1S/C30H47O3P/c1-4-7-10-13-19-26-22-18-24-29(28(26)23-15-12-9-6-3)33-34(31,32)30-25-17-16-21-27(30)20-14-11-8-5-2/h16-18,21-22,24-25H,4-15,19-20,23H2,1-3H3,(H,31,32). The fourth-order valence-corrected chi connectivity index (χ4v) is 5.97. The van der Waals surface area contributed by atoms with Gasteiger partial charge in [0.05, 0.1) is 5.30 Å². The molecule has 0 aliphatic carbocycles. The topological polar surface area (TPSA) is 46.5 Å². The second kappa shape index (κ2) is 16.2. The van der Waals surface area contributed by atoms with Crippen LogP contribution in [0.25, 0.3) is 0 Å². The van der Waals surface area contributed by atoms with Gasteiger partial charge in [-0.1, -0.05) is 109 Å². The Labute approximate surface area is 208 Å². The molecule has 0 bridgehead atoms. The van der Waals surface area contributed by atoms with Crippen LogP contribution in [0.3, 0.4) is 0 Å². The first-order valence-electron chi connectivity index (χ1n) is 13.7. The molecule has 2 aromatic carbocycles. The van der Waals surface area contributed by atoms with Gasteiger partial charge in [0.2, 0.25) is 0 Å². The van der Waals surface area contributed by atoms with E-state index in [2.05, 4.69) is 26.8 Å². The van der Waals surface area contributed by atoms with Crippen molar-refractivity contribution < 1.29 is 14.0 Å². The SMILES string of the molecule is CCCCCCc1ccccc1P(=O)(O)Oc1cccc(CCCCCC)c1CCCCCC. The minimum atomic E-state index is -3.99. The minimum Gasteiger partial charge on any atom is -0.421 e. The third-order valence-corrected chi connectivity index (χ3v) is 8.12. The average molecular weight is 487 g/mol. The van der Waals surface area contributed by atoms with Gasteiger partial charge in [0.25, 0.3) is 0 Å². The summed E-state index contributed by atoms with van der Waals surface area (Å²) < 4.78 is 19.6. The molecular weight excluding hydrogens is 439 g/mol. The van der Waals surface area contributed by atoms with E-state index in [-0.39, 0.29) is 0 Å². The highest BCUT2D eigenvalue weighted by Gasteiger charge is 2.28. The Kier molecular flexibility index (Phi) is 13.6.